The number of rotatable bonds is 6. The van der Waals surface area contributed by atoms with Crippen molar-refractivity contribution in [1.29, 1.82) is 0 Å². The molecule has 0 aliphatic carbocycles. The van der Waals surface area contributed by atoms with Gasteiger partial charge in [-0.1, -0.05) is 13.8 Å². The van der Waals surface area contributed by atoms with Crippen LogP contribution in [0.4, 0.5) is 0 Å². The van der Waals surface area contributed by atoms with Crippen LogP contribution in [0, 0.1) is 5.92 Å². The van der Waals surface area contributed by atoms with Gasteiger partial charge in [0.25, 0.3) is 0 Å². The highest BCUT2D eigenvalue weighted by atomic mass is 35.5. The summed E-state index contributed by atoms with van der Waals surface area (Å²) in [6.45, 7) is 4.83. The van der Waals surface area contributed by atoms with Gasteiger partial charge in [-0.25, -0.2) is 9.97 Å². The second-order valence-electron chi connectivity index (χ2n) is 4.85. The van der Waals surface area contributed by atoms with Gasteiger partial charge >= 0.3 is 0 Å². The highest BCUT2D eigenvalue weighted by molar-refractivity contribution is 6.16. The summed E-state index contributed by atoms with van der Waals surface area (Å²) < 4.78 is 12.6. The Labute approximate surface area is 123 Å². The zero-order valence-electron chi connectivity index (χ0n) is 12.1. The first kappa shape index (κ1) is 15.0. The summed E-state index contributed by atoms with van der Waals surface area (Å²) in [5.41, 5.74) is 1.36. The maximum Gasteiger partial charge on any atom is 0.245 e. The van der Waals surface area contributed by atoms with Gasteiger partial charge in [-0.15, -0.1) is 11.6 Å². The first-order chi connectivity index (χ1) is 9.63. The standard InChI is InChI=1S/C13H19ClN4O2/c1-8(2)9(6-19-3)18-10(5-14)17-11-12(18)15-7-16-13(11)20-4/h7-9H,5-6H2,1-4H3. The van der Waals surface area contributed by atoms with Gasteiger partial charge in [-0.05, 0) is 5.92 Å². The molecule has 7 heteroatoms. The number of alkyl halides is 1. The third-order valence-electron chi connectivity index (χ3n) is 3.27. The summed E-state index contributed by atoms with van der Waals surface area (Å²) in [6, 6.07) is 0.110. The molecule has 0 aliphatic heterocycles. The van der Waals surface area contributed by atoms with Crippen LogP contribution in [0.1, 0.15) is 25.7 Å². The fourth-order valence-electron chi connectivity index (χ4n) is 2.26. The lowest BCUT2D eigenvalue weighted by atomic mass is 10.1. The molecule has 0 bridgehead atoms. The summed E-state index contributed by atoms with van der Waals surface area (Å²) in [5.74, 6) is 1.86. The molecule has 1 unspecified atom stereocenters. The fourth-order valence-corrected chi connectivity index (χ4v) is 2.45. The van der Waals surface area contributed by atoms with E-state index in [0.29, 0.717) is 29.8 Å². The number of hydrogen-bond acceptors (Lipinski definition) is 5. The molecular formula is C13H19ClN4O2. The molecule has 2 rings (SSSR count). The Bertz CT molecular complexity index is 585. The summed E-state index contributed by atoms with van der Waals surface area (Å²) in [4.78, 5) is 12.9. The van der Waals surface area contributed by atoms with Crippen molar-refractivity contribution in [2.45, 2.75) is 25.8 Å². The number of imidazole rings is 1. The molecule has 110 valence electrons. The lowest BCUT2D eigenvalue weighted by molar-refractivity contribution is 0.133. The molecule has 0 aliphatic rings. The van der Waals surface area contributed by atoms with Crippen LogP contribution in [0.15, 0.2) is 6.33 Å². The molecule has 1 atom stereocenters. The Kier molecular flexibility index (Phi) is 4.77. The first-order valence-electron chi connectivity index (χ1n) is 6.44. The lowest BCUT2D eigenvalue weighted by Gasteiger charge is -2.23. The van der Waals surface area contributed by atoms with Crippen molar-refractivity contribution in [3.05, 3.63) is 12.2 Å². The van der Waals surface area contributed by atoms with Crippen molar-refractivity contribution >= 4 is 22.8 Å². The van der Waals surface area contributed by atoms with E-state index in [1.807, 2.05) is 4.57 Å². The number of hydrogen-bond donors (Lipinski definition) is 0. The van der Waals surface area contributed by atoms with Gasteiger partial charge in [0.05, 0.1) is 25.6 Å². The molecule has 0 fully saturated rings. The van der Waals surface area contributed by atoms with Crippen molar-refractivity contribution in [2.75, 3.05) is 20.8 Å². The summed E-state index contributed by atoms with van der Waals surface area (Å²) in [7, 11) is 3.25. The highest BCUT2D eigenvalue weighted by Crippen LogP contribution is 2.29. The molecule has 0 aromatic carbocycles. The SMILES string of the molecule is COCC(C(C)C)n1c(CCl)nc2c(OC)ncnc21. The van der Waals surface area contributed by atoms with Crippen molar-refractivity contribution in [2.24, 2.45) is 5.92 Å². The van der Waals surface area contributed by atoms with E-state index in [9.17, 15) is 0 Å². The van der Waals surface area contributed by atoms with Gasteiger partial charge in [-0.2, -0.15) is 4.98 Å². The maximum atomic E-state index is 6.03. The lowest BCUT2D eigenvalue weighted by Crippen LogP contribution is -2.22. The number of methoxy groups -OCH3 is 2. The molecular weight excluding hydrogens is 280 g/mol. The van der Waals surface area contributed by atoms with E-state index in [2.05, 4.69) is 28.8 Å². The van der Waals surface area contributed by atoms with Crippen LogP contribution in [0.5, 0.6) is 5.88 Å². The topological polar surface area (TPSA) is 62.1 Å². The molecule has 0 saturated carbocycles. The van der Waals surface area contributed by atoms with Gasteiger partial charge in [0, 0.05) is 7.11 Å². The van der Waals surface area contributed by atoms with Gasteiger partial charge in [0.2, 0.25) is 5.88 Å². The van der Waals surface area contributed by atoms with Crippen LogP contribution in [0.25, 0.3) is 11.2 Å². The second kappa shape index (κ2) is 6.37. The molecule has 0 saturated heterocycles. The van der Waals surface area contributed by atoms with E-state index >= 15 is 0 Å². The number of aromatic nitrogens is 4. The minimum absolute atomic E-state index is 0.110. The van der Waals surface area contributed by atoms with Gasteiger partial charge in [0.15, 0.2) is 11.2 Å². The number of nitrogens with zero attached hydrogens (tertiary/aromatic N) is 4. The van der Waals surface area contributed by atoms with E-state index in [0.717, 1.165) is 11.5 Å². The minimum atomic E-state index is 0.110. The van der Waals surface area contributed by atoms with Crippen molar-refractivity contribution < 1.29 is 9.47 Å². The molecule has 6 nitrogen and oxygen atoms in total. The van der Waals surface area contributed by atoms with Crippen LogP contribution >= 0.6 is 11.6 Å². The summed E-state index contributed by atoms with van der Waals surface area (Å²) in [6.07, 6.45) is 1.47. The van der Waals surface area contributed by atoms with Crippen molar-refractivity contribution in [3.63, 3.8) is 0 Å². The number of ether oxygens (including phenoxy) is 2. The highest BCUT2D eigenvalue weighted by Gasteiger charge is 2.24. The van der Waals surface area contributed by atoms with E-state index < -0.39 is 0 Å². The Balaban J connectivity index is 2.66. The van der Waals surface area contributed by atoms with Gasteiger partial charge in [-0.3, -0.25) is 0 Å². The van der Waals surface area contributed by atoms with E-state index in [-0.39, 0.29) is 6.04 Å². The zero-order valence-corrected chi connectivity index (χ0v) is 12.9. The van der Waals surface area contributed by atoms with Crippen molar-refractivity contribution in [3.8, 4) is 5.88 Å². The van der Waals surface area contributed by atoms with E-state index in [4.69, 9.17) is 21.1 Å². The normalized spacial score (nSPS) is 13.1. The molecule has 2 aromatic heterocycles. The third-order valence-corrected chi connectivity index (χ3v) is 3.51. The average Bonchev–Trinajstić information content (AvgIpc) is 2.82. The maximum absolute atomic E-state index is 6.03. The molecule has 0 radical (unpaired) electrons. The third kappa shape index (κ3) is 2.58. The predicted molar refractivity (Wildman–Crippen MR) is 77.2 cm³/mol. The number of fused-ring (bicyclic) bond motifs is 1. The molecule has 2 aromatic rings. The second-order valence-corrected chi connectivity index (χ2v) is 5.12. The molecule has 20 heavy (non-hydrogen) atoms. The molecule has 0 spiro atoms. The minimum Gasteiger partial charge on any atom is -0.479 e. The van der Waals surface area contributed by atoms with Crippen LogP contribution in [0.2, 0.25) is 0 Å². The van der Waals surface area contributed by atoms with E-state index in [1.54, 1.807) is 14.2 Å². The zero-order chi connectivity index (χ0) is 14.7. The van der Waals surface area contributed by atoms with Crippen LogP contribution in [0.3, 0.4) is 0 Å². The fraction of sp³-hybridized carbons (Fsp3) is 0.615. The summed E-state index contributed by atoms with van der Waals surface area (Å²) >= 11 is 6.03. The van der Waals surface area contributed by atoms with Crippen LogP contribution < -0.4 is 4.74 Å². The Hall–Kier alpha value is -1.40. The molecule has 0 N–H and O–H groups in total. The van der Waals surface area contributed by atoms with Gasteiger partial charge < -0.3 is 14.0 Å². The number of halogens is 1. The predicted octanol–water partition coefficient (Wildman–Crippen LogP) is 2.42. The Morgan fingerprint density at radius 2 is 2.05 bits per heavy atom. The summed E-state index contributed by atoms with van der Waals surface area (Å²) in [5, 5.41) is 0. The van der Waals surface area contributed by atoms with E-state index in [1.165, 1.54) is 6.33 Å². The average molecular weight is 299 g/mol. The van der Waals surface area contributed by atoms with Crippen LogP contribution in [-0.2, 0) is 10.6 Å². The molecule has 2 heterocycles. The monoisotopic (exact) mass is 298 g/mol. The Morgan fingerprint density at radius 1 is 1.30 bits per heavy atom. The molecule has 0 amide bonds. The van der Waals surface area contributed by atoms with Crippen molar-refractivity contribution in [1.82, 2.24) is 19.5 Å². The smallest absolute Gasteiger partial charge is 0.245 e. The largest absolute Gasteiger partial charge is 0.479 e. The first-order valence-corrected chi connectivity index (χ1v) is 6.98. The Morgan fingerprint density at radius 3 is 2.60 bits per heavy atom. The van der Waals surface area contributed by atoms with Crippen LogP contribution in [-0.4, -0.2) is 40.3 Å². The van der Waals surface area contributed by atoms with Gasteiger partial charge in [0.1, 0.15) is 12.2 Å². The quantitative estimate of drug-likeness (QED) is 0.766.